The molecule has 7 nitrogen and oxygen atoms in total. The molecule has 0 unspecified atom stereocenters. The second-order valence-electron chi connectivity index (χ2n) is 7.82. The molecule has 2 aromatic carbocycles. The monoisotopic (exact) mass is 481 g/mol. The maximum Gasteiger partial charge on any atom is 0.257 e. The van der Waals surface area contributed by atoms with E-state index >= 15 is 0 Å². The van der Waals surface area contributed by atoms with Crippen molar-refractivity contribution in [2.75, 3.05) is 49.6 Å². The van der Waals surface area contributed by atoms with Crippen molar-refractivity contribution >= 4 is 38.9 Å². The average Bonchev–Trinajstić information content (AvgIpc) is 2.81. The number of nitrogens with zero attached hydrogens (tertiary/aromatic N) is 2. The summed E-state index contributed by atoms with van der Waals surface area (Å²) in [5, 5.41) is 2.76. The number of morpholine rings is 1. The highest BCUT2D eigenvalue weighted by Crippen LogP contribution is 2.29. The van der Waals surface area contributed by atoms with Gasteiger partial charge in [-0.2, -0.15) is 4.31 Å². The molecule has 0 bridgehead atoms. The van der Waals surface area contributed by atoms with E-state index in [1.807, 2.05) is 4.90 Å². The Hall–Kier alpha value is -2.20. The predicted octanol–water partition coefficient (Wildman–Crippen LogP) is 3.74. The molecule has 2 heterocycles. The van der Waals surface area contributed by atoms with Gasteiger partial charge in [-0.3, -0.25) is 4.79 Å². The van der Waals surface area contributed by atoms with E-state index in [0.717, 1.165) is 25.3 Å². The summed E-state index contributed by atoms with van der Waals surface area (Å²) in [7, 11) is -3.73. The van der Waals surface area contributed by atoms with Crippen LogP contribution >= 0.6 is 11.6 Å². The maximum absolute atomic E-state index is 14.3. The molecule has 2 saturated heterocycles. The number of anilines is 2. The fraction of sp³-hybridized carbons (Fsp3) is 0.409. The van der Waals surface area contributed by atoms with Gasteiger partial charge in [0, 0.05) is 36.9 Å². The van der Waals surface area contributed by atoms with Gasteiger partial charge in [0.05, 0.1) is 29.4 Å². The van der Waals surface area contributed by atoms with Gasteiger partial charge in [-0.15, -0.1) is 0 Å². The van der Waals surface area contributed by atoms with Gasteiger partial charge in [0.1, 0.15) is 5.82 Å². The number of halogens is 2. The topological polar surface area (TPSA) is 79.0 Å². The van der Waals surface area contributed by atoms with Crippen LogP contribution < -0.4 is 10.2 Å². The fourth-order valence-electron chi connectivity index (χ4n) is 3.97. The number of nitrogens with one attached hydrogen (secondary N) is 1. The summed E-state index contributed by atoms with van der Waals surface area (Å²) in [5.74, 6) is -1.26. The molecule has 0 atom stereocenters. The Morgan fingerprint density at radius 1 is 1.00 bits per heavy atom. The van der Waals surface area contributed by atoms with Crippen molar-refractivity contribution in [2.24, 2.45) is 0 Å². The van der Waals surface area contributed by atoms with Crippen LogP contribution in [0.5, 0.6) is 0 Å². The van der Waals surface area contributed by atoms with Gasteiger partial charge in [-0.25, -0.2) is 12.8 Å². The summed E-state index contributed by atoms with van der Waals surface area (Å²) in [6.45, 7) is 3.05. The molecule has 2 aliphatic rings. The predicted molar refractivity (Wildman–Crippen MR) is 121 cm³/mol. The number of ether oxygens (including phenoxy) is 1. The van der Waals surface area contributed by atoms with Crippen LogP contribution in [0.15, 0.2) is 41.3 Å². The minimum atomic E-state index is -3.73. The molecule has 4 rings (SSSR count). The van der Waals surface area contributed by atoms with Gasteiger partial charge < -0.3 is 15.0 Å². The van der Waals surface area contributed by atoms with Crippen LogP contribution in [-0.4, -0.2) is 58.0 Å². The number of piperidine rings is 1. The zero-order valence-corrected chi connectivity index (χ0v) is 19.1. The molecular formula is C22H25ClFN3O4S. The summed E-state index contributed by atoms with van der Waals surface area (Å²) in [4.78, 5) is 15.2. The first-order valence-corrected chi connectivity index (χ1v) is 12.4. The van der Waals surface area contributed by atoms with Crippen molar-refractivity contribution in [3.05, 3.63) is 52.8 Å². The first-order chi connectivity index (χ1) is 15.4. The molecule has 1 amide bonds. The van der Waals surface area contributed by atoms with Crippen molar-refractivity contribution in [3.8, 4) is 0 Å². The summed E-state index contributed by atoms with van der Waals surface area (Å²) in [6, 6.07) is 8.53. The Morgan fingerprint density at radius 3 is 2.41 bits per heavy atom. The highest BCUT2D eigenvalue weighted by atomic mass is 35.5. The molecule has 2 aliphatic heterocycles. The minimum absolute atomic E-state index is 0.0309. The van der Waals surface area contributed by atoms with E-state index in [1.165, 1.54) is 28.6 Å². The highest BCUT2D eigenvalue weighted by Gasteiger charge is 2.29. The van der Waals surface area contributed by atoms with Gasteiger partial charge in [-0.05, 0) is 49.2 Å². The van der Waals surface area contributed by atoms with E-state index in [9.17, 15) is 17.6 Å². The SMILES string of the molecule is O=C(Nc1ccc(Cl)cc1F)c1cc(S(=O)(=O)N2CCCCC2)ccc1N1CCOCC1. The fourth-order valence-corrected chi connectivity index (χ4v) is 5.67. The molecule has 0 saturated carbocycles. The van der Waals surface area contributed by atoms with Crippen LogP contribution in [0.4, 0.5) is 15.8 Å². The Bertz CT molecular complexity index is 1100. The maximum atomic E-state index is 14.3. The number of hydrogen-bond donors (Lipinski definition) is 1. The van der Waals surface area contributed by atoms with E-state index in [1.54, 1.807) is 6.07 Å². The highest BCUT2D eigenvalue weighted by molar-refractivity contribution is 7.89. The van der Waals surface area contributed by atoms with Gasteiger partial charge >= 0.3 is 0 Å². The molecule has 172 valence electrons. The average molecular weight is 482 g/mol. The Kier molecular flexibility index (Phi) is 6.99. The van der Waals surface area contributed by atoms with Crippen molar-refractivity contribution in [3.63, 3.8) is 0 Å². The molecule has 0 radical (unpaired) electrons. The molecule has 0 spiro atoms. The zero-order valence-electron chi connectivity index (χ0n) is 17.5. The van der Waals surface area contributed by atoms with Gasteiger partial charge in [-0.1, -0.05) is 18.0 Å². The number of rotatable bonds is 5. The Labute approximate surface area is 192 Å². The third kappa shape index (κ3) is 4.91. The lowest BCUT2D eigenvalue weighted by Crippen LogP contribution is -2.38. The van der Waals surface area contributed by atoms with E-state index in [-0.39, 0.29) is 21.2 Å². The van der Waals surface area contributed by atoms with Crippen molar-refractivity contribution < 1.29 is 22.3 Å². The third-order valence-electron chi connectivity index (χ3n) is 5.70. The quantitative estimate of drug-likeness (QED) is 0.703. The number of benzene rings is 2. The molecule has 2 aromatic rings. The van der Waals surface area contributed by atoms with E-state index < -0.39 is 21.7 Å². The lowest BCUT2D eigenvalue weighted by atomic mass is 10.1. The standard InChI is InChI=1S/C22H25ClFN3O4S/c23-16-4-6-20(19(24)14-16)25-22(28)18-15-17(32(29,30)27-8-2-1-3-9-27)5-7-21(18)26-10-12-31-13-11-26/h4-7,14-15H,1-3,8-13H2,(H,25,28). The minimum Gasteiger partial charge on any atom is -0.378 e. The van der Waals surface area contributed by atoms with E-state index in [2.05, 4.69) is 5.32 Å². The van der Waals surface area contributed by atoms with Gasteiger partial charge in [0.2, 0.25) is 10.0 Å². The largest absolute Gasteiger partial charge is 0.378 e. The van der Waals surface area contributed by atoms with Crippen molar-refractivity contribution in [1.29, 1.82) is 0 Å². The van der Waals surface area contributed by atoms with Crippen LogP contribution in [0.2, 0.25) is 5.02 Å². The zero-order chi connectivity index (χ0) is 22.7. The van der Waals surface area contributed by atoms with Gasteiger partial charge in [0.25, 0.3) is 5.91 Å². The van der Waals surface area contributed by atoms with E-state index in [4.69, 9.17) is 16.3 Å². The molecule has 0 aromatic heterocycles. The third-order valence-corrected chi connectivity index (χ3v) is 7.83. The molecule has 0 aliphatic carbocycles. The first-order valence-electron chi connectivity index (χ1n) is 10.6. The van der Waals surface area contributed by atoms with Crippen LogP contribution in [-0.2, 0) is 14.8 Å². The van der Waals surface area contributed by atoms with Crippen LogP contribution in [0.25, 0.3) is 0 Å². The van der Waals surface area contributed by atoms with E-state index in [0.29, 0.717) is 45.1 Å². The smallest absolute Gasteiger partial charge is 0.257 e. The normalized spacial score (nSPS) is 17.9. The summed E-state index contributed by atoms with van der Waals surface area (Å²) in [5.41, 5.74) is 0.716. The number of carbonyl (C=O) groups excluding carboxylic acids is 1. The first kappa shape index (κ1) is 23.0. The summed E-state index contributed by atoms with van der Waals surface area (Å²) in [6.07, 6.45) is 2.63. The summed E-state index contributed by atoms with van der Waals surface area (Å²) >= 11 is 5.80. The second kappa shape index (κ2) is 9.74. The molecule has 1 N–H and O–H groups in total. The number of amides is 1. The summed E-state index contributed by atoms with van der Waals surface area (Å²) < 4.78 is 47.5. The number of carbonyl (C=O) groups is 1. The van der Waals surface area contributed by atoms with Crippen LogP contribution in [0, 0.1) is 5.82 Å². The van der Waals surface area contributed by atoms with Crippen LogP contribution in [0.1, 0.15) is 29.6 Å². The Morgan fingerprint density at radius 2 is 1.72 bits per heavy atom. The second-order valence-corrected chi connectivity index (χ2v) is 10.2. The molecule has 2 fully saturated rings. The lowest BCUT2D eigenvalue weighted by molar-refractivity contribution is 0.102. The molecule has 32 heavy (non-hydrogen) atoms. The molecule has 10 heteroatoms. The molecular weight excluding hydrogens is 457 g/mol. The van der Waals surface area contributed by atoms with Crippen molar-refractivity contribution in [2.45, 2.75) is 24.2 Å². The number of hydrogen-bond acceptors (Lipinski definition) is 5. The lowest BCUT2D eigenvalue weighted by Gasteiger charge is -2.31. The Balaban J connectivity index is 1.71. The van der Waals surface area contributed by atoms with Crippen LogP contribution in [0.3, 0.4) is 0 Å². The van der Waals surface area contributed by atoms with Gasteiger partial charge in [0.15, 0.2) is 0 Å². The van der Waals surface area contributed by atoms with Crippen molar-refractivity contribution in [1.82, 2.24) is 4.31 Å². The number of sulfonamides is 1.